The maximum atomic E-state index is 12.6. The second-order valence-electron chi connectivity index (χ2n) is 6.05. The van der Waals surface area contributed by atoms with Gasteiger partial charge in [-0.1, -0.05) is 12.1 Å². The monoisotopic (exact) mass is 324 g/mol. The lowest BCUT2D eigenvalue weighted by molar-refractivity contribution is -0.150. The molecule has 0 aliphatic carbocycles. The third-order valence-corrected chi connectivity index (χ3v) is 4.30. The molecule has 1 fully saturated rings. The van der Waals surface area contributed by atoms with E-state index in [1.165, 1.54) is 11.2 Å². The highest BCUT2D eigenvalue weighted by molar-refractivity contribution is 5.92. The number of halogens is 3. The Morgan fingerprint density at radius 3 is 2.70 bits per heavy atom. The lowest BCUT2D eigenvalue weighted by Gasteiger charge is -2.40. The first-order valence-electron chi connectivity index (χ1n) is 7.61. The Balaban J connectivity index is 1.85. The summed E-state index contributed by atoms with van der Waals surface area (Å²) in [7, 11) is 0. The van der Waals surface area contributed by atoms with Crippen LogP contribution in [0.1, 0.15) is 12.5 Å². The molecule has 1 aliphatic rings. The quantitative estimate of drug-likeness (QED) is 0.850. The van der Waals surface area contributed by atoms with Gasteiger partial charge in [0, 0.05) is 31.1 Å². The van der Waals surface area contributed by atoms with E-state index in [0.29, 0.717) is 19.6 Å². The Hall–Kier alpha value is -1.89. The number of hydrogen-bond acceptors (Lipinski definition) is 4. The minimum atomic E-state index is -4.16. The predicted molar refractivity (Wildman–Crippen MR) is 83.6 cm³/mol. The summed E-state index contributed by atoms with van der Waals surface area (Å²) in [4.78, 5) is 12.2. The van der Waals surface area contributed by atoms with E-state index in [2.05, 4.69) is 14.9 Å². The van der Waals surface area contributed by atoms with Gasteiger partial charge in [-0.15, -0.1) is 0 Å². The van der Waals surface area contributed by atoms with Crippen molar-refractivity contribution in [3.8, 4) is 0 Å². The molecular weight excluding hydrogens is 305 g/mol. The van der Waals surface area contributed by atoms with E-state index in [1.807, 2.05) is 32.0 Å². The van der Waals surface area contributed by atoms with Crippen LogP contribution in [0.4, 0.5) is 19.0 Å². The van der Waals surface area contributed by atoms with Crippen LogP contribution in [0, 0.1) is 6.92 Å². The smallest absolute Gasteiger partial charge is 0.353 e. The Morgan fingerprint density at radius 1 is 1.22 bits per heavy atom. The van der Waals surface area contributed by atoms with E-state index < -0.39 is 12.7 Å². The van der Waals surface area contributed by atoms with Crippen molar-refractivity contribution >= 4 is 16.7 Å². The van der Waals surface area contributed by atoms with Crippen LogP contribution in [-0.2, 0) is 0 Å². The second kappa shape index (κ2) is 5.96. The van der Waals surface area contributed by atoms with Gasteiger partial charge < -0.3 is 4.90 Å². The van der Waals surface area contributed by atoms with E-state index in [0.717, 1.165) is 22.3 Å². The molecule has 0 saturated carbocycles. The molecule has 3 rings (SSSR count). The molecule has 1 aromatic carbocycles. The summed E-state index contributed by atoms with van der Waals surface area (Å²) < 4.78 is 37.9. The SMILES string of the molecule is Cc1cccc2ncnc(N3CCN(CC(F)(F)F)C(C)C3)c12. The van der Waals surface area contributed by atoms with Crippen molar-refractivity contribution in [2.75, 3.05) is 31.1 Å². The summed E-state index contributed by atoms with van der Waals surface area (Å²) in [5.74, 6) is 0.812. The number of aromatic nitrogens is 2. The zero-order valence-corrected chi connectivity index (χ0v) is 13.1. The van der Waals surface area contributed by atoms with Gasteiger partial charge >= 0.3 is 6.18 Å². The molecule has 1 saturated heterocycles. The third kappa shape index (κ3) is 3.39. The number of fused-ring (bicyclic) bond motifs is 1. The summed E-state index contributed by atoms with van der Waals surface area (Å²) in [6, 6.07) is 5.69. The molecule has 0 spiro atoms. The van der Waals surface area contributed by atoms with Crippen molar-refractivity contribution in [1.29, 1.82) is 0 Å². The van der Waals surface area contributed by atoms with Crippen LogP contribution in [0.15, 0.2) is 24.5 Å². The van der Waals surface area contributed by atoms with Crippen molar-refractivity contribution in [2.24, 2.45) is 0 Å². The van der Waals surface area contributed by atoms with Crippen LogP contribution < -0.4 is 4.90 Å². The fraction of sp³-hybridized carbons (Fsp3) is 0.500. The van der Waals surface area contributed by atoms with Gasteiger partial charge in [-0.25, -0.2) is 9.97 Å². The molecule has 0 amide bonds. The van der Waals surface area contributed by atoms with Crippen LogP contribution in [0.25, 0.3) is 10.9 Å². The second-order valence-corrected chi connectivity index (χ2v) is 6.05. The number of alkyl halides is 3. The number of nitrogens with zero attached hydrogens (tertiary/aromatic N) is 4. The molecule has 23 heavy (non-hydrogen) atoms. The highest BCUT2D eigenvalue weighted by Crippen LogP contribution is 2.28. The fourth-order valence-corrected chi connectivity index (χ4v) is 3.15. The normalized spacial score (nSPS) is 20.2. The van der Waals surface area contributed by atoms with Crippen molar-refractivity contribution in [2.45, 2.75) is 26.1 Å². The molecule has 1 unspecified atom stereocenters. The van der Waals surface area contributed by atoms with Gasteiger partial charge in [0.05, 0.1) is 12.1 Å². The molecule has 7 heteroatoms. The zero-order chi connectivity index (χ0) is 16.6. The van der Waals surface area contributed by atoms with Gasteiger partial charge in [-0.05, 0) is 25.5 Å². The zero-order valence-electron chi connectivity index (χ0n) is 13.1. The maximum absolute atomic E-state index is 12.6. The number of piperazine rings is 1. The minimum Gasteiger partial charge on any atom is -0.353 e. The first-order chi connectivity index (χ1) is 10.8. The van der Waals surface area contributed by atoms with Crippen molar-refractivity contribution in [3.05, 3.63) is 30.1 Å². The average molecular weight is 324 g/mol. The Bertz CT molecular complexity index is 696. The van der Waals surface area contributed by atoms with Crippen LogP contribution >= 0.6 is 0 Å². The van der Waals surface area contributed by atoms with Crippen molar-refractivity contribution in [3.63, 3.8) is 0 Å². The summed E-state index contributed by atoms with van der Waals surface area (Å²) in [6.45, 7) is 4.40. The van der Waals surface area contributed by atoms with E-state index in [9.17, 15) is 13.2 Å². The molecule has 2 aromatic rings. The molecule has 0 bridgehead atoms. The van der Waals surface area contributed by atoms with Gasteiger partial charge in [-0.3, -0.25) is 4.90 Å². The maximum Gasteiger partial charge on any atom is 0.401 e. The Labute approximate surface area is 132 Å². The van der Waals surface area contributed by atoms with E-state index >= 15 is 0 Å². The van der Waals surface area contributed by atoms with Gasteiger partial charge in [0.15, 0.2) is 0 Å². The lowest BCUT2D eigenvalue weighted by atomic mass is 10.1. The van der Waals surface area contributed by atoms with Crippen molar-refractivity contribution < 1.29 is 13.2 Å². The molecule has 1 atom stereocenters. The van der Waals surface area contributed by atoms with Crippen LogP contribution in [-0.4, -0.2) is 53.3 Å². The van der Waals surface area contributed by atoms with Crippen LogP contribution in [0.5, 0.6) is 0 Å². The average Bonchev–Trinajstić information content (AvgIpc) is 2.48. The predicted octanol–water partition coefficient (Wildman–Crippen LogP) is 3.01. The van der Waals surface area contributed by atoms with Crippen LogP contribution in [0.3, 0.4) is 0 Å². The van der Waals surface area contributed by atoms with Gasteiger partial charge in [0.2, 0.25) is 0 Å². The molecule has 0 radical (unpaired) electrons. The fourth-order valence-electron chi connectivity index (χ4n) is 3.15. The topological polar surface area (TPSA) is 32.3 Å². The lowest BCUT2D eigenvalue weighted by Crippen LogP contribution is -2.54. The van der Waals surface area contributed by atoms with Gasteiger partial charge in [0.1, 0.15) is 12.1 Å². The minimum absolute atomic E-state index is 0.181. The molecule has 2 heterocycles. The van der Waals surface area contributed by atoms with Crippen molar-refractivity contribution in [1.82, 2.24) is 14.9 Å². The molecule has 1 aromatic heterocycles. The number of aryl methyl sites for hydroxylation is 1. The number of hydrogen-bond donors (Lipinski definition) is 0. The first kappa shape index (κ1) is 16.0. The van der Waals surface area contributed by atoms with E-state index in [4.69, 9.17) is 0 Å². The number of rotatable bonds is 2. The molecule has 4 nitrogen and oxygen atoms in total. The Morgan fingerprint density at radius 2 is 2.00 bits per heavy atom. The highest BCUT2D eigenvalue weighted by Gasteiger charge is 2.35. The molecular formula is C16H19F3N4. The van der Waals surface area contributed by atoms with Crippen LogP contribution in [0.2, 0.25) is 0 Å². The first-order valence-corrected chi connectivity index (χ1v) is 7.61. The van der Waals surface area contributed by atoms with E-state index in [-0.39, 0.29) is 6.04 Å². The van der Waals surface area contributed by atoms with E-state index in [1.54, 1.807) is 0 Å². The largest absolute Gasteiger partial charge is 0.401 e. The Kier molecular flexibility index (Phi) is 4.14. The van der Waals surface area contributed by atoms with Gasteiger partial charge in [0.25, 0.3) is 0 Å². The third-order valence-electron chi connectivity index (χ3n) is 4.30. The summed E-state index contributed by atoms with van der Waals surface area (Å²) in [5.41, 5.74) is 1.93. The summed E-state index contributed by atoms with van der Waals surface area (Å²) in [6.07, 6.45) is -2.64. The summed E-state index contributed by atoms with van der Waals surface area (Å²) >= 11 is 0. The molecule has 124 valence electrons. The summed E-state index contributed by atoms with van der Waals surface area (Å²) in [5, 5.41) is 0.978. The number of anilines is 1. The standard InChI is InChI=1S/C16H19F3N4/c1-11-4-3-5-13-14(11)15(21-10-20-13)22-6-7-23(12(2)8-22)9-16(17,18)19/h3-5,10,12H,6-9H2,1-2H3. The number of benzene rings is 1. The highest BCUT2D eigenvalue weighted by atomic mass is 19.4. The molecule has 1 aliphatic heterocycles. The molecule has 0 N–H and O–H groups in total. The van der Waals surface area contributed by atoms with Gasteiger partial charge in [-0.2, -0.15) is 13.2 Å².